The maximum Gasteiger partial charge on any atom is 0.244 e. The average Bonchev–Trinajstić information content (AvgIpc) is 2.90. The fourth-order valence-corrected chi connectivity index (χ4v) is 4.54. The van der Waals surface area contributed by atoms with Gasteiger partial charge in [-0.2, -0.15) is 0 Å². The van der Waals surface area contributed by atoms with E-state index in [4.69, 9.17) is 5.84 Å². The lowest BCUT2D eigenvalue weighted by Crippen LogP contribution is -2.34. The molecular formula is C12H15BrN4O2S2. The summed E-state index contributed by atoms with van der Waals surface area (Å²) < 4.78 is 28.1. The zero-order chi connectivity index (χ0) is 15.5. The molecule has 2 aromatic rings. The van der Waals surface area contributed by atoms with Crippen LogP contribution >= 0.6 is 27.3 Å². The highest BCUT2D eigenvalue weighted by Gasteiger charge is 2.22. The minimum atomic E-state index is -3.71. The van der Waals surface area contributed by atoms with Crippen molar-refractivity contribution in [1.82, 2.24) is 9.71 Å². The first-order valence-corrected chi connectivity index (χ1v) is 9.25. The van der Waals surface area contributed by atoms with Crippen LogP contribution in [0.15, 0.2) is 39.1 Å². The number of hydrogen-bond donors (Lipinski definition) is 3. The van der Waals surface area contributed by atoms with Gasteiger partial charge in [0.2, 0.25) is 10.0 Å². The first-order chi connectivity index (χ1) is 9.92. The van der Waals surface area contributed by atoms with Crippen molar-refractivity contribution in [1.29, 1.82) is 0 Å². The number of nitrogens with two attached hydrogens (primary N) is 1. The van der Waals surface area contributed by atoms with Crippen LogP contribution in [-0.2, 0) is 16.4 Å². The molecule has 0 saturated carbocycles. The van der Waals surface area contributed by atoms with Gasteiger partial charge in [0.25, 0.3) is 0 Å². The summed E-state index contributed by atoms with van der Waals surface area (Å²) in [6.45, 7) is 1.82. The summed E-state index contributed by atoms with van der Waals surface area (Å²) in [6.07, 6.45) is 2.10. The fourth-order valence-electron chi connectivity index (χ4n) is 1.83. The van der Waals surface area contributed by atoms with Crippen molar-refractivity contribution in [2.24, 2.45) is 5.84 Å². The predicted octanol–water partition coefficient (Wildman–Crippen LogP) is 2.10. The van der Waals surface area contributed by atoms with Crippen LogP contribution < -0.4 is 16.0 Å². The zero-order valence-corrected chi connectivity index (χ0v) is 14.4. The number of rotatable bonds is 6. The topological polar surface area (TPSA) is 97.1 Å². The number of nitrogens with one attached hydrogen (secondary N) is 2. The maximum atomic E-state index is 12.4. The highest BCUT2D eigenvalue weighted by atomic mass is 79.9. The summed E-state index contributed by atoms with van der Waals surface area (Å²) in [4.78, 5) is 5.08. The largest absolute Gasteiger partial charge is 0.307 e. The number of sulfonamides is 1. The van der Waals surface area contributed by atoms with Gasteiger partial charge in [0.15, 0.2) is 5.82 Å². The van der Waals surface area contributed by atoms with Crippen LogP contribution in [0, 0.1) is 0 Å². The molecule has 2 aromatic heterocycles. The number of hydrogen-bond acceptors (Lipinski definition) is 6. The summed E-state index contributed by atoms with van der Waals surface area (Å²) in [7, 11) is -3.71. The summed E-state index contributed by atoms with van der Waals surface area (Å²) in [5, 5.41) is 1.96. The van der Waals surface area contributed by atoms with E-state index in [0.717, 1.165) is 4.88 Å². The molecule has 0 spiro atoms. The number of hydrazine groups is 1. The molecule has 6 nitrogen and oxygen atoms in total. The third kappa shape index (κ3) is 4.24. The van der Waals surface area contributed by atoms with Crippen molar-refractivity contribution in [2.75, 3.05) is 5.43 Å². The monoisotopic (exact) mass is 390 g/mol. The Morgan fingerprint density at radius 1 is 1.52 bits per heavy atom. The van der Waals surface area contributed by atoms with Crippen LogP contribution in [0.25, 0.3) is 0 Å². The Hall–Kier alpha value is -1.00. The van der Waals surface area contributed by atoms with Crippen LogP contribution in [0.1, 0.15) is 11.8 Å². The van der Waals surface area contributed by atoms with Crippen molar-refractivity contribution < 1.29 is 8.42 Å². The second-order valence-electron chi connectivity index (χ2n) is 4.45. The zero-order valence-electron chi connectivity index (χ0n) is 11.2. The standard InChI is InChI=1S/C12H15BrN4O2S2/c1-8(5-10-3-2-4-20-10)17-21(18,19)11-6-9(13)7-15-12(11)16-14/h2-4,6-8,17H,5,14H2,1H3,(H,15,16). The molecule has 0 aliphatic rings. The molecule has 21 heavy (non-hydrogen) atoms. The van der Waals surface area contributed by atoms with Gasteiger partial charge in [-0.3, -0.25) is 0 Å². The second-order valence-corrected chi connectivity index (χ2v) is 8.08. The van der Waals surface area contributed by atoms with Gasteiger partial charge in [0, 0.05) is 21.6 Å². The molecule has 0 saturated heterocycles. The summed E-state index contributed by atoms with van der Waals surface area (Å²) in [6, 6.07) is 5.14. The summed E-state index contributed by atoms with van der Waals surface area (Å²) in [5.41, 5.74) is 2.30. The molecule has 0 bridgehead atoms. The van der Waals surface area contributed by atoms with E-state index < -0.39 is 10.0 Å². The Morgan fingerprint density at radius 2 is 2.29 bits per heavy atom. The molecule has 1 unspecified atom stereocenters. The number of thiophene rings is 1. The molecule has 0 aliphatic heterocycles. The summed E-state index contributed by atoms with van der Waals surface area (Å²) in [5.74, 6) is 5.43. The number of aromatic nitrogens is 1. The molecule has 2 heterocycles. The van der Waals surface area contributed by atoms with E-state index in [1.54, 1.807) is 11.3 Å². The Bertz CT molecular complexity index is 704. The average molecular weight is 391 g/mol. The van der Waals surface area contributed by atoms with E-state index in [2.05, 4.69) is 31.1 Å². The lowest BCUT2D eigenvalue weighted by molar-refractivity contribution is 0.560. The second kappa shape index (κ2) is 6.84. The van der Waals surface area contributed by atoms with E-state index in [-0.39, 0.29) is 16.8 Å². The Balaban J connectivity index is 2.20. The van der Waals surface area contributed by atoms with Gasteiger partial charge in [-0.25, -0.2) is 24.0 Å². The third-order valence-electron chi connectivity index (χ3n) is 2.69. The van der Waals surface area contributed by atoms with Gasteiger partial charge in [0.1, 0.15) is 4.90 Å². The lowest BCUT2D eigenvalue weighted by atomic mass is 10.2. The minimum Gasteiger partial charge on any atom is -0.307 e. The first-order valence-electron chi connectivity index (χ1n) is 6.09. The Labute approximate surface area is 135 Å². The van der Waals surface area contributed by atoms with Crippen molar-refractivity contribution in [3.63, 3.8) is 0 Å². The molecule has 0 aliphatic carbocycles. The van der Waals surface area contributed by atoms with Crippen LogP contribution in [0.5, 0.6) is 0 Å². The van der Waals surface area contributed by atoms with Gasteiger partial charge in [0.05, 0.1) is 0 Å². The molecule has 1 atom stereocenters. The quantitative estimate of drug-likeness (QED) is 0.518. The Morgan fingerprint density at radius 3 is 2.90 bits per heavy atom. The third-order valence-corrected chi connectivity index (χ3v) is 5.62. The highest BCUT2D eigenvalue weighted by molar-refractivity contribution is 9.10. The van der Waals surface area contributed by atoms with Gasteiger partial charge in [-0.1, -0.05) is 6.07 Å². The molecule has 9 heteroatoms. The molecule has 0 radical (unpaired) electrons. The molecular weight excluding hydrogens is 376 g/mol. The van der Waals surface area contributed by atoms with E-state index in [1.807, 2.05) is 24.4 Å². The summed E-state index contributed by atoms with van der Waals surface area (Å²) >= 11 is 4.81. The number of nitrogen functional groups attached to an aromatic ring is 1. The minimum absolute atomic E-state index is 0.0115. The van der Waals surface area contributed by atoms with Gasteiger partial charge >= 0.3 is 0 Å². The molecule has 2 rings (SSSR count). The SMILES string of the molecule is CC(Cc1cccs1)NS(=O)(=O)c1cc(Br)cnc1NN. The number of pyridine rings is 1. The molecule has 0 fully saturated rings. The lowest BCUT2D eigenvalue weighted by Gasteiger charge is -2.15. The van der Waals surface area contributed by atoms with Gasteiger partial charge in [-0.05, 0) is 46.8 Å². The normalized spacial score (nSPS) is 13.1. The number of anilines is 1. The van der Waals surface area contributed by atoms with Crippen molar-refractivity contribution in [3.05, 3.63) is 39.1 Å². The van der Waals surface area contributed by atoms with E-state index >= 15 is 0 Å². The van der Waals surface area contributed by atoms with Crippen molar-refractivity contribution in [2.45, 2.75) is 24.3 Å². The molecule has 0 aromatic carbocycles. The fraction of sp³-hybridized carbons (Fsp3) is 0.250. The Kier molecular flexibility index (Phi) is 5.33. The van der Waals surface area contributed by atoms with Crippen molar-refractivity contribution >= 4 is 43.1 Å². The maximum absolute atomic E-state index is 12.4. The van der Waals surface area contributed by atoms with Crippen LogP contribution in [-0.4, -0.2) is 19.4 Å². The van der Waals surface area contributed by atoms with E-state index in [1.165, 1.54) is 12.3 Å². The molecule has 0 amide bonds. The van der Waals surface area contributed by atoms with Gasteiger partial charge in [-0.15, -0.1) is 11.3 Å². The molecule has 4 N–H and O–H groups in total. The predicted molar refractivity (Wildman–Crippen MR) is 87.6 cm³/mol. The van der Waals surface area contributed by atoms with Crippen LogP contribution in [0.4, 0.5) is 5.82 Å². The number of nitrogens with zero attached hydrogens (tertiary/aromatic N) is 1. The van der Waals surface area contributed by atoms with E-state index in [0.29, 0.717) is 10.9 Å². The highest BCUT2D eigenvalue weighted by Crippen LogP contribution is 2.22. The van der Waals surface area contributed by atoms with Crippen molar-refractivity contribution in [3.8, 4) is 0 Å². The van der Waals surface area contributed by atoms with E-state index in [9.17, 15) is 8.42 Å². The van der Waals surface area contributed by atoms with Crippen LogP contribution in [0.2, 0.25) is 0 Å². The number of halogens is 1. The van der Waals surface area contributed by atoms with Crippen LogP contribution in [0.3, 0.4) is 0 Å². The smallest absolute Gasteiger partial charge is 0.244 e. The molecule has 114 valence electrons. The van der Waals surface area contributed by atoms with Gasteiger partial charge < -0.3 is 5.43 Å². The first kappa shape index (κ1) is 16.4.